The Labute approximate surface area is 117 Å². The van der Waals surface area contributed by atoms with Crippen LogP contribution in [0.1, 0.15) is 38.5 Å². The molecule has 3 fully saturated rings. The van der Waals surface area contributed by atoms with E-state index in [-0.39, 0.29) is 31.1 Å². The fraction of sp³-hybridized carbons (Fsp3) is 0.917. The second-order valence-electron chi connectivity index (χ2n) is 5.42. The van der Waals surface area contributed by atoms with E-state index in [2.05, 4.69) is 11.7 Å². The van der Waals surface area contributed by atoms with E-state index >= 15 is 0 Å². The standard InChI is InChI=1S/C12H20N2.U/c13-8-14-12(4-5-12)11-3-1-2-9-6-10(9)7-11;/h4,9-11,13-14H,1-3,5-8H2;/q-2;+2/t9?,10?,11-,12?;/m0./s1. The van der Waals surface area contributed by atoms with Crippen molar-refractivity contribution in [3.63, 3.8) is 0 Å². The van der Waals surface area contributed by atoms with Crippen molar-refractivity contribution in [3.8, 4) is 0 Å². The molecule has 0 saturated heterocycles. The van der Waals surface area contributed by atoms with E-state index in [0.29, 0.717) is 12.2 Å². The summed E-state index contributed by atoms with van der Waals surface area (Å²) in [7, 11) is 0. The Morgan fingerprint density at radius 2 is 2.07 bits per heavy atom. The molecule has 15 heavy (non-hydrogen) atoms. The van der Waals surface area contributed by atoms with Crippen molar-refractivity contribution < 1.29 is 31.1 Å². The minimum atomic E-state index is 0. The van der Waals surface area contributed by atoms with Crippen LogP contribution in [0.25, 0.3) is 5.73 Å². The van der Waals surface area contributed by atoms with Gasteiger partial charge in [-0.2, -0.15) is 6.42 Å². The van der Waals surface area contributed by atoms with Crippen LogP contribution in [0.15, 0.2) is 0 Å². The van der Waals surface area contributed by atoms with Gasteiger partial charge in [0.2, 0.25) is 0 Å². The molecule has 3 unspecified atom stereocenters. The zero-order valence-corrected chi connectivity index (χ0v) is 13.4. The first kappa shape index (κ1) is 12.4. The summed E-state index contributed by atoms with van der Waals surface area (Å²) in [6.45, 7) is 0.390. The number of rotatable bonds is 3. The fourth-order valence-electron chi connectivity index (χ4n) is 3.43. The largest absolute Gasteiger partial charge is 2.00 e. The summed E-state index contributed by atoms with van der Waals surface area (Å²) in [5.74, 6) is 3.00. The molecule has 2 N–H and O–H groups in total. The van der Waals surface area contributed by atoms with E-state index < -0.39 is 0 Å². The molecule has 0 heterocycles. The van der Waals surface area contributed by atoms with Crippen LogP contribution < -0.4 is 5.32 Å². The number of fused-ring (bicyclic) bond motifs is 1. The summed E-state index contributed by atoms with van der Waals surface area (Å²) in [5.41, 5.74) is 7.61. The molecule has 0 aromatic rings. The van der Waals surface area contributed by atoms with Gasteiger partial charge in [0.15, 0.2) is 0 Å². The van der Waals surface area contributed by atoms with Crippen LogP contribution in [0.5, 0.6) is 0 Å². The monoisotopic (exact) mass is 430 g/mol. The quantitative estimate of drug-likeness (QED) is 0.687. The Morgan fingerprint density at radius 3 is 2.73 bits per heavy atom. The molecule has 3 aliphatic rings. The number of nitrogens with one attached hydrogen (secondary N) is 2. The Kier molecular flexibility index (Phi) is 3.88. The van der Waals surface area contributed by atoms with Crippen LogP contribution in [0.2, 0.25) is 0 Å². The van der Waals surface area contributed by atoms with Crippen molar-refractivity contribution >= 4 is 0 Å². The summed E-state index contributed by atoms with van der Waals surface area (Å²) in [4.78, 5) is 0. The van der Waals surface area contributed by atoms with Gasteiger partial charge < -0.3 is 17.5 Å². The Bertz CT molecular complexity index is 228. The van der Waals surface area contributed by atoms with Gasteiger partial charge in [-0.25, -0.2) is 0 Å². The van der Waals surface area contributed by atoms with E-state index in [9.17, 15) is 0 Å². The second kappa shape index (κ2) is 4.69. The maximum Gasteiger partial charge on any atom is 2.00 e. The van der Waals surface area contributed by atoms with Gasteiger partial charge in [-0.15, -0.1) is 12.2 Å². The minimum absolute atomic E-state index is 0. The summed E-state index contributed by atoms with van der Waals surface area (Å²) in [6, 6.07) is 0. The first-order valence-corrected chi connectivity index (χ1v) is 6.08. The first-order valence-electron chi connectivity index (χ1n) is 6.08. The van der Waals surface area contributed by atoms with E-state index in [4.69, 9.17) is 5.73 Å². The van der Waals surface area contributed by atoms with E-state index in [1.54, 1.807) is 0 Å². The predicted octanol–water partition coefficient (Wildman–Crippen LogP) is 2.76. The molecule has 82 valence electrons. The van der Waals surface area contributed by atoms with Crippen molar-refractivity contribution in [1.82, 2.24) is 5.32 Å². The summed E-state index contributed by atoms with van der Waals surface area (Å²) >= 11 is 0. The predicted molar refractivity (Wildman–Crippen MR) is 57.5 cm³/mol. The smallest absolute Gasteiger partial charge is 0.665 e. The van der Waals surface area contributed by atoms with Crippen molar-refractivity contribution in [2.45, 2.75) is 44.1 Å². The molecule has 4 atom stereocenters. The van der Waals surface area contributed by atoms with Gasteiger partial charge in [0.25, 0.3) is 0 Å². The van der Waals surface area contributed by atoms with Gasteiger partial charge in [-0.1, -0.05) is 25.2 Å². The van der Waals surface area contributed by atoms with Crippen LogP contribution in [-0.4, -0.2) is 12.2 Å². The van der Waals surface area contributed by atoms with Crippen LogP contribution in [0.3, 0.4) is 0 Å². The maximum absolute atomic E-state index is 7.30. The van der Waals surface area contributed by atoms with Gasteiger partial charge in [0.1, 0.15) is 0 Å². The van der Waals surface area contributed by atoms with Gasteiger partial charge in [-0.05, 0) is 24.7 Å². The average Bonchev–Trinajstić information content (AvgIpc) is 2.95. The van der Waals surface area contributed by atoms with Gasteiger partial charge >= 0.3 is 31.1 Å². The molecule has 0 aromatic heterocycles. The minimum Gasteiger partial charge on any atom is -0.665 e. The van der Waals surface area contributed by atoms with Crippen LogP contribution in [-0.2, 0) is 0 Å². The maximum atomic E-state index is 7.30. The molecule has 3 rings (SSSR count). The first-order chi connectivity index (χ1) is 6.84. The zero-order valence-electron chi connectivity index (χ0n) is 9.26. The van der Waals surface area contributed by atoms with Gasteiger partial charge in [0.05, 0.1) is 0 Å². The number of hydrogen-bond donors (Lipinski definition) is 1. The molecule has 3 saturated carbocycles. The van der Waals surface area contributed by atoms with Crippen molar-refractivity contribution in [2.24, 2.45) is 17.8 Å². The molecule has 3 heteroatoms. The van der Waals surface area contributed by atoms with E-state index in [0.717, 1.165) is 17.8 Å². The van der Waals surface area contributed by atoms with Crippen LogP contribution in [0.4, 0.5) is 0 Å². The molecule has 0 radical (unpaired) electrons. The second-order valence-corrected chi connectivity index (χ2v) is 5.42. The third-order valence-electron chi connectivity index (χ3n) is 4.57. The van der Waals surface area contributed by atoms with Crippen LogP contribution >= 0.6 is 0 Å². The fourth-order valence-corrected chi connectivity index (χ4v) is 3.43. The molecule has 0 aromatic carbocycles. The Hall–Kier alpha value is 0.972. The molecule has 0 spiro atoms. The van der Waals surface area contributed by atoms with E-state index in [1.165, 1.54) is 38.5 Å². The molecule has 0 bridgehead atoms. The van der Waals surface area contributed by atoms with Gasteiger partial charge in [-0.3, -0.25) is 0 Å². The van der Waals surface area contributed by atoms with Crippen molar-refractivity contribution in [3.05, 3.63) is 12.2 Å². The van der Waals surface area contributed by atoms with Crippen molar-refractivity contribution in [2.75, 3.05) is 6.67 Å². The molecule has 2 nitrogen and oxygen atoms in total. The molecular formula is C12H20N2U. The van der Waals surface area contributed by atoms with Crippen molar-refractivity contribution in [1.29, 1.82) is 0 Å². The summed E-state index contributed by atoms with van der Waals surface area (Å²) < 4.78 is 0. The Balaban J connectivity index is 0.000000853. The third kappa shape index (κ3) is 2.46. The molecule has 0 aliphatic heterocycles. The van der Waals surface area contributed by atoms with E-state index in [1.807, 2.05) is 0 Å². The summed E-state index contributed by atoms with van der Waals surface area (Å²) in [6.07, 6.45) is 10.9. The number of hydrogen-bond acceptors (Lipinski definition) is 1. The molecular weight excluding hydrogens is 410 g/mol. The Morgan fingerprint density at radius 1 is 1.27 bits per heavy atom. The average molecular weight is 430 g/mol. The molecule has 3 aliphatic carbocycles. The van der Waals surface area contributed by atoms with Gasteiger partial charge in [0, 0.05) is 0 Å². The van der Waals surface area contributed by atoms with Crippen LogP contribution in [0, 0.1) is 55.3 Å². The zero-order chi connectivity index (χ0) is 9.60. The molecule has 0 amide bonds. The normalized spacial score (nSPS) is 47.4. The SMILES string of the molecule is [NH-]CNC1([C@H]2CCCC3CC3C2)[CH-]C1.[U+2]. The topological polar surface area (TPSA) is 35.8 Å². The third-order valence-corrected chi connectivity index (χ3v) is 4.57. The summed E-state index contributed by atoms with van der Waals surface area (Å²) in [5, 5.41) is 3.38.